The van der Waals surface area contributed by atoms with Crippen molar-refractivity contribution in [3.63, 3.8) is 0 Å². The molecule has 0 amide bonds. The lowest BCUT2D eigenvalue weighted by atomic mass is 10.1. The number of ether oxygens (including phenoxy) is 1. The molecule has 1 aromatic heterocycles. The maximum Gasteiger partial charge on any atom is 0.271 e. The fraction of sp³-hybridized carbons (Fsp3) is 0.533. The molecular formula is C15H20N4O5. The van der Waals surface area contributed by atoms with E-state index >= 15 is 0 Å². The maximum atomic E-state index is 11.0. The molecule has 1 fully saturated rings. The average Bonchev–Trinajstić information content (AvgIpc) is 2.97. The highest BCUT2D eigenvalue weighted by molar-refractivity contribution is 5.81. The Kier molecular flexibility index (Phi) is 4.16. The Hall–Kier alpha value is -2.23. The van der Waals surface area contributed by atoms with E-state index in [9.17, 15) is 20.3 Å². The van der Waals surface area contributed by atoms with Crippen LogP contribution in [-0.4, -0.2) is 49.0 Å². The zero-order valence-electron chi connectivity index (χ0n) is 13.6. The van der Waals surface area contributed by atoms with Crippen molar-refractivity contribution in [2.45, 2.75) is 51.4 Å². The molecule has 24 heavy (non-hydrogen) atoms. The van der Waals surface area contributed by atoms with Gasteiger partial charge in [-0.25, -0.2) is 4.98 Å². The third-order valence-electron chi connectivity index (χ3n) is 4.03. The molecule has 1 aliphatic rings. The summed E-state index contributed by atoms with van der Waals surface area (Å²) in [6.07, 6.45) is -3.51. The number of anilines is 1. The maximum absolute atomic E-state index is 11.0. The summed E-state index contributed by atoms with van der Waals surface area (Å²) in [5.41, 5.74) is 0.927. The number of aromatic nitrogens is 2. The van der Waals surface area contributed by atoms with Gasteiger partial charge in [0.25, 0.3) is 5.69 Å². The number of fused-ring (bicyclic) bond motifs is 1. The van der Waals surface area contributed by atoms with Crippen LogP contribution in [0.25, 0.3) is 11.0 Å². The lowest BCUT2D eigenvalue weighted by Gasteiger charge is -2.21. The summed E-state index contributed by atoms with van der Waals surface area (Å²) in [7, 11) is 0. The predicted octanol–water partition coefficient (Wildman–Crippen LogP) is 1.40. The van der Waals surface area contributed by atoms with Crippen LogP contribution < -0.4 is 5.32 Å². The van der Waals surface area contributed by atoms with Crippen LogP contribution in [0.1, 0.15) is 27.0 Å². The number of non-ortho nitro benzene ring substituents is 1. The number of hydrogen-bond acceptors (Lipinski definition) is 7. The molecule has 0 bridgehead atoms. The molecule has 0 spiro atoms. The van der Waals surface area contributed by atoms with Crippen molar-refractivity contribution in [2.24, 2.45) is 0 Å². The van der Waals surface area contributed by atoms with E-state index in [1.165, 1.54) is 12.1 Å². The highest BCUT2D eigenvalue weighted by Gasteiger charge is 2.42. The molecule has 1 saturated heterocycles. The predicted molar refractivity (Wildman–Crippen MR) is 86.7 cm³/mol. The number of rotatable bonds is 4. The Morgan fingerprint density at radius 3 is 2.62 bits per heavy atom. The first-order chi connectivity index (χ1) is 11.3. The lowest BCUT2D eigenvalue weighted by Crippen LogP contribution is -2.31. The van der Waals surface area contributed by atoms with Gasteiger partial charge in [0, 0.05) is 18.2 Å². The Labute approximate surface area is 138 Å². The summed E-state index contributed by atoms with van der Waals surface area (Å²) >= 11 is 0. The van der Waals surface area contributed by atoms with Crippen molar-refractivity contribution in [1.82, 2.24) is 9.55 Å². The number of nitro groups is 1. The Bertz CT molecular complexity index is 775. The summed E-state index contributed by atoms with van der Waals surface area (Å²) in [6, 6.07) is 4.37. The van der Waals surface area contributed by atoms with E-state index in [1.54, 1.807) is 17.6 Å². The average molecular weight is 336 g/mol. The van der Waals surface area contributed by atoms with Gasteiger partial charge in [0.2, 0.25) is 5.95 Å². The molecule has 0 radical (unpaired) electrons. The summed E-state index contributed by atoms with van der Waals surface area (Å²) in [5.74, 6) is 0.422. The number of aliphatic hydroxyl groups is 2. The zero-order chi connectivity index (χ0) is 17.6. The molecule has 9 nitrogen and oxygen atoms in total. The topological polar surface area (TPSA) is 123 Å². The summed E-state index contributed by atoms with van der Waals surface area (Å²) in [4.78, 5) is 14.9. The van der Waals surface area contributed by atoms with Crippen molar-refractivity contribution in [2.75, 3.05) is 5.32 Å². The van der Waals surface area contributed by atoms with Crippen molar-refractivity contribution < 1.29 is 19.9 Å². The monoisotopic (exact) mass is 336 g/mol. The van der Waals surface area contributed by atoms with Crippen LogP contribution in [-0.2, 0) is 4.74 Å². The number of nitrogens with zero attached hydrogens (tertiary/aromatic N) is 3. The molecule has 1 aromatic carbocycles. The van der Waals surface area contributed by atoms with Gasteiger partial charge in [-0.05, 0) is 26.8 Å². The molecule has 3 rings (SSSR count). The molecular weight excluding hydrogens is 316 g/mol. The van der Waals surface area contributed by atoms with Gasteiger partial charge in [-0.15, -0.1) is 0 Å². The van der Waals surface area contributed by atoms with Crippen LogP contribution in [0.2, 0.25) is 0 Å². The Morgan fingerprint density at radius 2 is 2.08 bits per heavy atom. The van der Waals surface area contributed by atoms with Gasteiger partial charge < -0.3 is 20.3 Å². The Balaban J connectivity index is 2.15. The quantitative estimate of drug-likeness (QED) is 0.569. The second kappa shape index (κ2) is 6.00. The van der Waals surface area contributed by atoms with E-state index in [0.29, 0.717) is 17.0 Å². The first kappa shape index (κ1) is 16.6. The van der Waals surface area contributed by atoms with Gasteiger partial charge in [-0.3, -0.25) is 14.7 Å². The van der Waals surface area contributed by atoms with Crippen LogP contribution in [0.15, 0.2) is 18.2 Å². The summed E-state index contributed by atoms with van der Waals surface area (Å²) < 4.78 is 7.32. The molecule has 9 heteroatoms. The molecule has 0 unspecified atom stereocenters. The fourth-order valence-electron chi connectivity index (χ4n) is 2.86. The lowest BCUT2D eigenvalue weighted by molar-refractivity contribution is -0.384. The van der Waals surface area contributed by atoms with Gasteiger partial charge in [0.1, 0.15) is 12.2 Å². The number of nitrogens with one attached hydrogen (secondary N) is 1. The van der Waals surface area contributed by atoms with Crippen molar-refractivity contribution >= 4 is 22.7 Å². The smallest absolute Gasteiger partial charge is 0.271 e. The van der Waals surface area contributed by atoms with Gasteiger partial charge in [-0.1, -0.05) is 0 Å². The molecule has 2 aromatic rings. The van der Waals surface area contributed by atoms with Gasteiger partial charge in [-0.2, -0.15) is 0 Å². The highest BCUT2D eigenvalue weighted by atomic mass is 16.6. The zero-order valence-corrected chi connectivity index (χ0v) is 13.6. The van der Waals surface area contributed by atoms with Crippen LogP contribution in [0.4, 0.5) is 11.6 Å². The van der Waals surface area contributed by atoms with Crippen molar-refractivity contribution in [1.29, 1.82) is 0 Å². The molecule has 2 heterocycles. The number of benzene rings is 1. The number of imidazole rings is 1. The fourth-order valence-corrected chi connectivity index (χ4v) is 2.86. The number of hydrogen-bond donors (Lipinski definition) is 3. The van der Waals surface area contributed by atoms with Crippen molar-refractivity contribution in [3.8, 4) is 0 Å². The normalized spacial score (nSPS) is 27.1. The SMILES string of the molecule is CC(C)Nc1nc2cc([N+](=O)[O-])ccc2n1[C@@H]1O[C@H](C)[C@@H](O)[C@H]1O. The van der Waals surface area contributed by atoms with E-state index < -0.39 is 29.5 Å². The first-order valence-electron chi connectivity index (χ1n) is 7.74. The van der Waals surface area contributed by atoms with E-state index in [4.69, 9.17) is 4.74 Å². The minimum atomic E-state index is -1.12. The van der Waals surface area contributed by atoms with Gasteiger partial charge in [0.05, 0.1) is 22.1 Å². The molecule has 4 atom stereocenters. The van der Waals surface area contributed by atoms with Crippen LogP contribution >= 0.6 is 0 Å². The summed E-state index contributed by atoms with van der Waals surface area (Å²) in [6.45, 7) is 5.53. The number of nitro benzene ring substituents is 1. The molecule has 130 valence electrons. The van der Waals surface area contributed by atoms with E-state index in [1.807, 2.05) is 13.8 Å². The third kappa shape index (κ3) is 2.70. The second-order valence-electron chi connectivity index (χ2n) is 6.25. The molecule has 3 N–H and O–H groups in total. The summed E-state index contributed by atoms with van der Waals surface area (Å²) in [5, 5.41) is 34.4. The van der Waals surface area contributed by atoms with Crippen molar-refractivity contribution in [3.05, 3.63) is 28.3 Å². The second-order valence-corrected chi connectivity index (χ2v) is 6.25. The van der Waals surface area contributed by atoms with E-state index in [0.717, 1.165) is 0 Å². The minimum absolute atomic E-state index is 0.0523. The van der Waals surface area contributed by atoms with Gasteiger partial charge >= 0.3 is 0 Å². The third-order valence-corrected chi connectivity index (χ3v) is 4.03. The first-order valence-corrected chi connectivity index (χ1v) is 7.74. The Morgan fingerprint density at radius 1 is 1.38 bits per heavy atom. The van der Waals surface area contributed by atoms with Crippen LogP contribution in [0, 0.1) is 10.1 Å². The molecule has 0 saturated carbocycles. The molecule has 1 aliphatic heterocycles. The van der Waals surface area contributed by atoms with E-state index in [2.05, 4.69) is 10.3 Å². The minimum Gasteiger partial charge on any atom is -0.388 e. The molecule has 0 aliphatic carbocycles. The number of aliphatic hydroxyl groups excluding tert-OH is 2. The van der Waals surface area contributed by atoms with Crippen LogP contribution in [0.3, 0.4) is 0 Å². The van der Waals surface area contributed by atoms with Crippen LogP contribution in [0.5, 0.6) is 0 Å². The van der Waals surface area contributed by atoms with Gasteiger partial charge in [0.15, 0.2) is 6.23 Å². The largest absolute Gasteiger partial charge is 0.388 e. The highest BCUT2D eigenvalue weighted by Crippen LogP contribution is 2.35. The van der Waals surface area contributed by atoms with E-state index in [-0.39, 0.29) is 11.7 Å². The standard InChI is InChI=1S/C15H20N4O5/c1-7(2)16-15-17-10-6-9(19(22)23)4-5-11(10)18(15)14-13(21)12(20)8(3)24-14/h4-8,12-14,20-21H,1-3H3,(H,16,17)/t8-,12-,13-,14-/m1/s1.